The van der Waals surface area contributed by atoms with Crippen LogP contribution < -0.4 is 5.32 Å². The topological polar surface area (TPSA) is 64.1 Å². The number of anilines is 1. The first-order chi connectivity index (χ1) is 9.78. The third-order valence-corrected chi connectivity index (χ3v) is 4.42. The molecule has 1 atom stereocenters. The standard InChI is InChI=1S/C14H15N3O2S/c1-19-14(18)11-7-16-13(8-15-11)17-10-3-2-4-12-9(10)5-6-20-12/h5-8,10H,2-4H2,1H3,(H,16,17). The highest BCUT2D eigenvalue weighted by Crippen LogP contribution is 2.34. The van der Waals surface area contributed by atoms with E-state index in [-0.39, 0.29) is 11.7 Å². The summed E-state index contributed by atoms with van der Waals surface area (Å²) in [5.41, 5.74) is 1.58. The quantitative estimate of drug-likeness (QED) is 0.880. The summed E-state index contributed by atoms with van der Waals surface area (Å²) in [6.07, 6.45) is 6.44. The van der Waals surface area contributed by atoms with Crippen LogP contribution in [-0.2, 0) is 11.2 Å². The molecule has 2 aromatic heterocycles. The predicted octanol–water partition coefficient (Wildman–Crippen LogP) is 2.81. The number of hydrogen-bond acceptors (Lipinski definition) is 6. The molecule has 6 heteroatoms. The van der Waals surface area contributed by atoms with E-state index in [0.29, 0.717) is 5.82 Å². The van der Waals surface area contributed by atoms with E-state index in [2.05, 4.69) is 31.5 Å². The highest BCUT2D eigenvalue weighted by atomic mass is 32.1. The molecule has 1 N–H and O–H groups in total. The summed E-state index contributed by atoms with van der Waals surface area (Å²) in [4.78, 5) is 21.0. The molecule has 1 aliphatic carbocycles. The predicted molar refractivity (Wildman–Crippen MR) is 77.0 cm³/mol. The van der Waals surface area contributed by atoms with Crippen molar-refractivity contribution in [2.45, 2.75) is 25.3 Å². The normalized spacial score (nSPS) is 17.4. The molecule has 1 unspecified atom stereocenters. The Morgan fingerprint density at radius 1 is 1.45 bits per heavy atom. The average molecular weight is 289 g/mol. The number of aromatic nitrogens is 2. The van der Waals surface area contributed by atoms with Crippen LogP contribution in [0.15, 0.2) is 23.8 Å². The SMILES string of the molecule is COC(=O)c1cnc(NC2CCCc3sccc32)cn1. The number of hydrogen-bond donors (Lipinski definition) is 1. The summed E-state index contributed by atoms with van der Waals surface area (Å²) in [5, 5.41) is 5.52. The number of nitrogens with one attached hydrogen (secondary N) is 1. The molecule has 104 valence electrons. The van der Waals surface area contributed by atoms with Gasteiger partial charge in [-0.3, -0.25) is 0 Å². The number of carbonyl (C=O) groups excluding carboxylic acids is 1. The van der Waals surface area contributed by atoms with Crippen molar-refractivity contribution in [1.29, 1.82) is 0 Å². The molecular weight excluding hydrogens is 274 g/mol. The largest absolute Gasteiger partial charge is 0.464 e. The Hall–Kier alpha value is -1.95. The van der Waals surface area contributed by atoms with Gasteiger partial charge < -0.3 is 10.1 Å². The van der Waals surface area contributed by atoms with Crippen LogP contribution in [0.3, 0.4) is 0 Å². The lowest BCUT2D eigenvalue weighted by Crippen LogP contribution is -2.16. The lowest BCUT2D eigenvalue weighted by atomic mass is 9.94. The molecule has 0 fully saturated rings. The zero-order valence-electron chi connectivity index (χ0n) is 11.1. The molecule has 20 heavy (non-hydrogen) atoms. The minimum absolute atomic E-state index is 0.220. The smallest absolute Gasteiger partial charge is 0.358 e. The number of methoxy groups -OCH3 is 1. The molecule has 0 saturated heterocycles. The molecular formula is C14H15N3O2S. The van der Waals surface area contributed by atoms with Gasteiger partial charge in [-0.1, -0.05) is 0 Å². The second-order valence-electron chi connectivity index (χ2n) is 4.67. The van der Waals surface area contributed by atoms with Gasteiger partial charge in [0, 0.05) is 4.88 Å². The van der Waals surface area contributed by atoms with Crippen LogP contribution in [0, 0.1) is 0 Å². The van der Waals surface area contributed by atoms with Gasteiger partial charge in [-0.2, -0.15) is 0 Å². The first kappa shape index (κ1) is 13.1. The first-order valence-corrected chi connectivity index (χ1v) is 7.39. The molecule has 0 aromatic carbocycles. The van der Waals surface area contributed by atoms with E-state index >= 15 is 0 Å². The number of aryl methyl sites for hydroxylation is 1. The number of rotatable bonds is 3. The third-order valence-electron chi connectivity index (χ3n) is 3.42. The first-order valence-electron chi connectivity index (χ1n) is 6.51. The van der Waals surface area contributed by atoms with Gasteiger partial charge >= 0.3 is 5.97 Å². The molecule has 2 aromatic rings. The second kappa shape index (κ2) is 5.58. The fraction of sp³-hybridized carbons (Fsp3) is 0.357. The van der Waals surface area contributed by atoms with E-state index < -0.39 is 5.97 Å². The summed E-state index contributed by atoms with van der Waals surface area (Å²) in [6, 6.07) is 2.45. The van der Waals surface area contributed by atoms with Crippen molar-refractivity contribution in [3.63, 3.8) is 0 Å². The van der Waals surface area contributed by atoms with Gasteiger partial charge in [-0.05, 0) is 36.3 Å². The van der Waals surface area contributed by atoms with Gasteiger partial charge in [-0.25, -0.2) is 14.8 Å². The Morgan fingerprint density at radius 3 is 3.10 bits per heavy atom. The summed E-state index contributed by atoms with van der Waals surface area (Å²) in [5.74, 6) is 0.212. The Morgan fingerprint density at radius 2 is 2.35 bits per heavy atom. The molecule has 0 spiro atoms. The van der Waals surface area contributed by atoms with Gasteiger partial charge in [0.25, 0.3) is 0 Å². The third kappa shape index (κ3) is 2.51. The Kier molecular flexibility index (Phi) is 3.64. The number of carbonyl (C=O) groups is 1. The van der Waals surface area contributed by atoms with Gasteiger partial charge in [0.2, 0.25) is 0 Å². The summed E-state index contributed by atoms with van der Waals surface area (Å²) in [6.45, 7) is 0. The van der Waals surface area contributed by atoms with E-state index in [0.717, 1.165) is 12.8 Å². The highest BCUT2D eigenvalue weighted by Gasteiger charge is 2.21. The molecule has 0 aliphatic heterocycles. The molecule has 0 radical (unpaired) electrons. The average Bonchev–Trinajstić information content (AvgIpc) is 2.97. The minimum Gasteiger partial charge on any atom is -0.464 e. The maximum atomic E-state index is 11.3. The van der Waals surface area contributed by atoms with E-state index in [4.69, 9.17) is 0 Å². The van der Waals surface area contributed by atoms with Crippen molar-refractivity contribution >= 4 is 23.1 Å². The van der Waals surface area contributed by atoms with Crippen molar-refractivity contribution in [2.75, 3.05) is 12.4 Å². The van der Waals surface area contributed by atoms with Gasteiger partial charge in [-0.15, -0.1) is 11.3 Å². The van der Waals surface area contributed by atoms with Crippen LogP contribution in [0.2, 0.25) is 0 Å². The monoisotopic (exact) mass is 289 g/mol. The Bertz CT molecular complexity index is 609. The Balaban J connectivity index is 1.75. The van der Waals surface area contributed by atoms with Crippen molar-refractivity contribution in [3.8, 4) is 0 Å². The number of thiophene rings is 1. The second-order valence-corrected chi connectivity index (χ2v) is 5.67. The zero-order valence-corrected chi connectivity index (χ0v) is 11.9. The maximum Gasteiger partial charge on any atom is 0.358 e. The van der Waals surface area contributed by atoms with Crippen LogP contribution in [0.1, 0.15) is 39.8 Å². The van der Waals surface area contributed by atoms with Crippen LogP contribution in [0.5, 0.6) is 0 Å². The van der Waals surface area contributed by atoms with Crippen molar-refractivity contribution in [2.24, 2.45) is 0 Å². The fourth-order valence-electron chi connectivity index (χ4n) is 2.43. The van der Waals surface area contributed by atoms with Gasteiger partial charge in [0.1, 0.15) is 5.82 Å². The summed E-state index contributed by atoms with van der Waals surface area (Å²) < 4.78 is 4.60. The Labute approximate surface area is 121 Å². The number of ether oxygens (including phenoxy) is 1. The molecule has 5 nitrogen and oxygen atoms in total. The van der Waals surface area contributed by atoms with E-state index in [9.17, 15) is 4.79 Å². The molecule has 1 aliphatic rings. The number of fused-ring (bicyclic) bond motifs is 1. The van der Waals surface area contributed by atoms with Crippen LogP contribution >= 0.6 is 11.3 Å². The van der Waals surface area contributed by atoms with E-state index in [1.165, 1.54) is 30.2 Å². The molecule has 0 saturated carbocycles. The van der Waals surface area contributed by atoms with Gasteiger partial charge in [0.15, 0.2) is 5.69 Å². The summed E-state index contributed by atoms with van der Waals surface area (Å²) >= 11 is 1.81. The lowest BCUT2D eigenvalue weighted by Gasteiger charge is -2.24. The maximum absolute atomic E-state index is 11.3. The molecule has 0 amide bonds. The molecule has 0 bridgehead atoms. The molecule has 3 rings (SSSR count). The van der Waals surface area contributed by atoms with Crippen LogP contribution in [0.4, 0.5) is 5.82 Å². The number of nitrogens with zero attached hydrogens (tertiary/aromatic N) is 2. The molecule has 2 heterocycles. The zero-order chi connectivity index (χ0) is 13.9. The van der Waals surface area contributed by atoms with Crippen LogP contribution in [-0.4, -0.2) is 23.0 Å². The van der Waals surface area contributed by atoms with Crippen molar-refractivity contribution < 1.29 is 9.53 Å². The van der Waals surface area contributed by atoms with E-state index in [1.54, 1.807) is 6.20 Å². The fourth-order valence-corrected chi connectivity index (χ4v) is 3.41. The summed E-state index contributed by atoms with van der Waals surface area (Å²) in [7, 11) is 1.33. The lowest BCUT2D eigenvalue weighted by molar-refractivity contribution is 0.0593. The van der Waals surface area contributed by atoms with Crippen LogP contribution in [0.25, 0.3) is 0 Å². The van der Waals surface area contributed by atoms with Gasteiger partial charge in [0.05, 0.1) is 25.5 Å². The minimum atomic E-state index is -0.471. The highest BCUT2D eigenvalue weighted by molar-refractivity contribution is 7.10. The van der Waals surface area contributed by atoms with E-state index in [1.807, 2.05) is 11.3 Å². The van der Waals surface area contributed by atoms with Crippen molar-refractivity contribution in [1.82, 2.24) is 9.97 Å². The number of esters is 1. The van der Waals surface area contributed by atoms with Crippen molar-refractivity contribution in [3.05, 3.63) is 40.0 Å².